The summed E-state index contributed by atoms with van der Waals surface area (Å²) < 4.78 is 28.9. The van der Waals surface area contributed by atoms with Crippen molar-refractivity contribution in [2.75, 3.05) is 6.54 Å². The van der Waals surface area contributed by atoms with E-state index in [1.807, 2.05) is 91.9 Å². The van der Waals surface area contributed by atoms with E-state index in [0.29, 0.717) is 17.7 Å². The van der Waals surface area contributed by atoms with E-state index in [9.17, 15) is 13.2 Å². The lowest BCUT2D eigenvalue weighted by Crippen LogP contribution is -2.40. The maximum Gasteiger partial charge on any atom is 0.244 e. The van der Waals surface area contributed by atoms with E-state index in [1.54, 1.807) is 13.8 Å². The van der Waals surface area contributed by atoms with E-state index >= 15 is 0 Å². The van der Waals surface area contributed by atoms with Gasteiger partial charge in [-0.15, -0.1) is 0 Å². The summed E-state index contributed by atoms with van der Waals surface area (Å²) in [5.74, 6) is -0.347. The Balaban J connectivity index is 1.60. The Kier molecular flexibility index (Phi) is 7.34. The molecule has 0 radical (unpaired) electrons. The molecule has 4 rings (SSSR count). The number of nitrogens with one attached hydrogen (secondary N) is 1. The first-order valence-corrected chi connectivity index (χ1v) is 13.0. The second-order valence-corrected chi connectivity index (χ2v) is 10.8. The number of sulfonamides is 1. The fourth-order valence-corrected chi connectivity index (χ4v) is 6.37. The van der Waals surface area contributed by atoms with Gasteiger partial charge in [-0.05, 0) is 53.8 Å². The summed E-state index contributed by atoms with van der Waals surface area (Å²) in [5.41, 5.74) is 4.16. The Morgan fingerprint density at radius 2 is 1.46 bits per heavy atom. The second-order valence-electron chi connectivity index (χ2n) is 8.90. The first-order valence-electron chi connectivity index (χ1n) is 11.6. The van der Waals surface area contributed by atoms with Crippen molar-refractivity contribution in [2.24, 2.45) is 0 Å². The highest BCUT2D eigenvalue weighted by Gasteiger charge is 2.30. The molecule has 0 unspecified atom stereocenters. The average Bonchev–Trinajstić information content (AvgIpc) is 2.82. The molecule has 6 heteroatoms. The number of fused-ring (bicyclic) bond motifs is 1. The van der Waals surface area contributed by atoms with Gasteiger partial charge < -0.3 is 5.32 Å². The van der Waals surface area contributed by atoms with Crippen molar-refractivity contribution in [3.05, 3.63) is 113 Å². The number of nitrogens with zero attached hydrogens (tertiary/aromatic N) is 1. The van der Waals surface area contributed by atoms with E-state index in [4.69, 9.17) is 0 Å². The summed E-state index contributed by atoms with van der Waals surface area (Å²) in [4.78, 5) is 13.3. The molecule has 4 aromatic carbocycles. The molecule has 4 aromatic rings. The van der Waals surface area contributed by atoms with Crippen LogP contribution in [0, 0.1) is 20.8 Å². The lowest BCUT2D eigenvalue weighted by Gasteiger charge is -2.24. The molecule has 180 valence electrons. The summed E-state index contributed by atoms with van der Waals surface area (Å²) in [6.45, 7) is 5.70. The van der Waals surface area contributed by atoms with Gasteiger partial charge in [0.2, 0.25) is 15.9 Å². The van der Waals surface area contributed by atoms with Crippen LogP contribution in [0.2, 0.25) is 0 Å². The molecule has 0 heterocycles. The van der Waals surface area contributed by atoms with Crippen LogP contribution in [-0.4, -0.2) is 25.2 Å². The van der Waals surface area contributed by atoms with Crippen molar-refractivity contribution in [1.29, 1.82) is 0 Å². The van der Waals surface area contributed by atoms with Crippen molar-refractivity contribution in [3.63, 3.8) is 0 Å². The molecular formula is C29H30N2O3S. The van der Waals surface area contributed by atoms with Crippen molar-refractivity contribution in [1.82, 2.24) is 9.62 Å². The molecule has 0 spiro atoms. The van der Waals surface area contributed by atoms with E-state index in [1.165, 1.54) is 4.31 Å². The number of benzene rings is 4. The largest absolute Gasteiger partial charge is 0.351 e. The predicted molar refractivity (Wildman–Crippen MR) is 140 cm³/mol. The standard InChI is InChI=1S/C29H30N2O3S/c1-21-16-22(2)29(23(3)17-21)35(33,34)31(19-24-10-5-4-6-11-24)20-28(32)30-18-26-14-9-13-25-12-7-8-15-27(25)26/h4-17H,18-20H2,1-3H3,(H,30,32). The number of amides is 1. The first kappa shape index (κ1) is 24.6. The van der Waals surface area contributed by atoms with E-state index in [0.717, 1.165) is 27.5 Å². The van der Waals surface area contributed by atoms with Crippen LogP contribution in [0.15, 0.2) is 89.8 Å². The summed E-state index contributed by atoms with van der Waals surface area (Å²) in [7, 11) is -3.92. The minimum atomic E-state index is -3.92. The fourth-order valence-electron chi connectivity index (χ4n) is 4.57. The maximum absolute atomic E-state index is 13.8. The molecule has 5 nitrogen and oxygen atoms in total. The summed E-state index contributed by atoms with van der Waals surface area (Å²) in [6.07, 6.45) is 0. The van der Waals surface area contributed by atoms with Crippen LogP contribution in [0.3, 0.4) is 0 Å². The second kappa shape index (κ2) is 10.4. The van der Waals surface area contributed by atoms with Crippen molar-refractivity contribution in [2.45, 2.75) is 38.8 Å². The predicted octanol–water partition coefficient (Wildman–Crippen LogP) is 5.27. The zero-order valence-corrected chi connectivity index (χ0v) is 21.1. The van der Waals surface area contributed by atoms with Crippen LogP contribution in [-0.2, 0) is 27.9 Å². The first-order chi connectivity index (χ1) is 16.8. The van der Waals surface area contributed by atoms with Gasteiger partial charge in [0.1, 0.15) is 0 Å². The molecule has 35 heavy (non-hydrogen) atoms. The third kappa shape index (κ3) is 5.61. The molecule has 1 amide bonds. The van der Waals surface area contributed by atoms with Gasteiger partial charge >= 0.3 is 0 Å². The number of carbonyl (C=O) groups is 1. The lowest BCUT2D eigenvalue weighted by atomic mass is 10.0. The highest BCUT2D eigenvalue weighted by Crippen LogP contribution is 2.26. The molecule has 0 saturated carbocycles. The third-order valence-electron chi connectivity index (χ3n) is 6.08. The van der Waals surface area contributed by atoms with Gasteiger partial charge in [-0.1, -0.05) is 90.5 Å². The van der Waals surface area contributed by atoms with Crippen LogP contribution in [0.5, 0.6) is 0 Å². The molecule has 0 aromatic heterocycles. The number of hydrogen-bond acceptors (Lipinski definition) is 3. The summed E-state index contributed by atoms with van der Waals surface area (Å²) >= 11 is 0. The SMILES string of the molecule is Cc1cc(C)c(S(=O)(=O)N(CC(=O)NCc2cccc3ccccc23)Cc2ccccc2)c(C)c1. The Bertz CT molecular complexity index is 1440. The van der Waals surface area contributed by atoms with Gasteiger partial charge in [0, 0.05) is 13.1 Å². The minimum absolute atomic E-state index is 0.109. The Morgan fingerprint density at radius 1 is 0.829 bits per heavy atom. The highest BCUT2D eigenvalue weighted by molar-refractivity contribution is 7.89. The topological polar surface area (TPSA) is 66.5 Å². The molecule has 0 aliphatic carbocycles. The molecular weight excluding hydrogens is 456 g/mol. The van der Waals surface area contributed by atoms with Crippen molar-refractivity contribution < 1.29 is 13.2 Å². The summed E-state index contributed by atoms with van der Waals surface area (Å²) in [6, 6.07) is 27.0. The van der Waals surface area contributed by atoms with Crippen LogP contribution in [0.25, 0.3) is 10.8 Å². The van der Waals surface area contributed by atoms with E-state index < -0.39 is 10.0 Å². The number of aryl methyl sites for hydroxylation is 3. The van der Waals surface area contributed by atoms with Crippen LogP contribution >= 0.6 is 0 Å². The van der Waals surface area contributed by atoms with Crippen molar-refractivity contribution >= 4 is 26.7 Å². The van der Waals surface area contributed by atoms with Gasteiger partial charge in [-0.3, -0.25) is 4.79 Å². The lowest BCUT2D eigenvalue weighted by molar-refractivity contribution is -0.121. The average molecular weight is 487 g/mol. The van der Waals surface area contributed by atoms with Crippen LogP contribution < -0.4 is 5.32 Å². The molecule has 1 N–H and O–H groups in total. The van der Waals surface area contributed by atoms with Gasteiger partial charge in [-0.2, -0.15) is 4.31 Å². The quantitative estimate of drug-likeness (QED) is 0.369. The molecule has 0 atom stereocenters. The zero-order chi connectivity index (χ0) is 25.0. The Labute approximate surface area is 207 Å². The highest BCUT2D eigenvalue weighted by atomic mass is 32.2. The van der Waals surface area contributed by atoms with E-state index in [2.05, 4.69) is 5.32 Å². The van der Waals surface area contributed by atoms with Gasteiger partial charge in [0.25, 0.3) is 0 Å². The Hall–Kier alpha value is -3.48. The molecule has 0 saturated heterocycles. The Morgan fingerprint density at radius 3 is 2.17 bits per heavy atom. The third-order valence-corrected chi connectivity index (χ3v) is 8.18. The van der Waals surface area contributed by atoms with Crippen LogP contribution in [0.4, 0.5) is 0 Å². The number of rotatable bonds is 8. The smallest absolute Gasteiger partial charge is 0.244 e. The van der Waals surface area contributed by atoms with Gasteiger partial charge in [-0.25, -0.2) is 8.42 Å². The molecule has 0 fully saturated rings. The maximum atomic E-state index is 13.8. The summed E-state index contributed by atoms with van der Waals surface area (Å²) in [5, 5.41) is 5.08. The molecule has 0 aliphatic heterocycles. The monoisotopic (exact) mass is 486 g/mol. The molecule has 0 aliphatic rings. The molecule has 0 bridgehead atoms. The number of hydrogen-bond donors (Lipinski definition) is 1. The van der Waals surface area contributed by atoms with Crippen molar-refractivity contribution in [3.8, 4) is 0 Å². The zero-order valence-electron chi connectivity index (χ0n) is 20.3. The number of carbonyl (C=O) groups excluding carboxylic acids is 1. The van der Waals surface area contributed by atoms with Gasteiger partial charge in [0.15, 0.2) is 0 Å². The normalized spacial score (nSPS) is 11.7. The minimum Gasteiger partial charge on any atom is -0.351 e. The fraction of sp³-hybridized carbons (Fsp3) is 0.207. The van der Waals surface area contributed by atoms with E-state index in [-0.39, 0.29) is 23.9 Å². The van der Waals surface area contributed by atoms with Crippen LogP contribution in [0.1, 0.15) is 27.8 Å². The van der Waals surface area contributed by atoms with Gasteiger partial charge in [0.05, 0.1) is 11.4 Å².